The fourth-order valence-electron chi connectivity index (χ4n) is 2.35. The molecule has 1 aliphatic heterocycles. The fraction of sp³-hybridized carbons (Fsp3) is 0.571. The fourth-order valence-corrected chi connectivity index (χ4v) is 4.37. The summed E-state index contributed by atoms with van der Waals surface area (Å²) in [7, 11) is -3.35. The Morgan fingerprint density at radius 1 is 1.20 bits per heavy atom. The molecular formula is C14H21BrN2O2S. The number of benzene rings is 1. The average Bonchev–Trinajstić information content (AvgIpc) is 2.45. The lowest BCUT2D eigenvalue weighted by atomic mass is 10.3. The van der Waals surface area contributed by atoms with Crippen molar-refractivity contribution in [3.05, 3.63) is 28.7 Å². The molecule has 20 heavy (non-hydrogen) atoms. The second kappa shape index (κ2) is 7.02. The number of unbranched alkanes of at least 4 members (excludes halogenated alkanes) is 1. The van der Waals surface area contributed by atoms with Gasteiger partial charge in [-0.3, -0.25) is 0 Å². The van der Waals surface area contributed by atoms with Gasteiger partial charge in [0.15, 0.2) is 0 Å². The van der Waals surface area contributed by atoms with Crippen molar-refractivity contribution in [3.63, 3.8) is 0 Å². The van der Waals surface area contributed by atoms with Crippen molar-refractivity contribution in [3.8, 4) is 0 Å². The molecule has 0 aliphatic carbocycles. The van der Waals surface area contributed by atoms with Crippen molar-refractivity contribution >= 4 is 26.0 Å². The first-order chi connectivity index (χ1) is 9.54. The molecule has 4 nitrogen and oxygen atoms in total. The molecule has 0 spiro atoms. The quantitative estimate of drug-likeness (QED) is 0.809. The van der Waals surface area contributed by atoms with E-state index in [9.17, 15) is 8.42 Å². The molecular weight excluding hydrogens is 340 g/mol. The van der Waals surface area contributed by atoms with Crippen LogP contribution in [0.3, 0.4) is 0 Å². The van der Waals surface area contributed by atoms with Gasteiger partial charge in [0.1, 0.15) is 0 Å². The van der Waals surface area contributed by atoms with E-state index in [0.717, 1.165) is 24.1 Å². The highest BCUT2D eigenvalue weighted by Gasteiger charge is 2.28. The van der Waals surface area contributed by atoms with Gasteiger partial charge in [-0.1, -0.05) is 35.3 Å². The van der Waals surface area contributed by atoms with Crippen LogP contribution >= 0.6 is 15.9 Å². The summed E-state index contributed by atoms with van der Waals surface area (Å²) in [6, 6.07) is 6.92. The maximum Gasteiger partial charge on any atom is 0.243 e. The molecule has 2 rings (SSSR count). The second-order valence-electron chi connectivity index (χ2n) is 5.06. The molecule has 1 heterocycles. The summed E-state index contributed by atoms with van der Waals surface area (Å²) in [5, 5.41) is 0. The number of hydrogen-bond donors (Lipinski definition) is 0. The molecule has 0 radical (unpaired) electrons. The van der Waals surface area contributed by atoms with E-state index in [1.165, 1.54) is 12.8 Å². The van der Waals surface area contributed by atoms with Crippen molar-refractivity contribution in [1.82, 2.24) is 9.21 Å². The molecule has 0 amide bonds. The van der Waals surface area contributed by atoms with Gasteiger partial charge in [0.25, 0.3) is 0 Å². The van der Waals surface area contributed by atoms with Crippen LogP contribution in [0, 0.1) is 0 Å². The summed E-state index contributed by atoms with van der Waals surface area (Å²) in [6.07, 6.45) is 2.36. The van der Waals surface area contributed by atoms with E-state index in [1.54, 1.807) is 22.5 Å². The van der Waals surface area contributed by atoms with Gasteiger partial charge in [-0.25, -0.2) is 8.42 Å². The van der Waals surface area contributed by atoms with E-state index >= 15 is 0 Å². The van der Waals surface area contributed by atoms with Gasteiger partial charge in [0.05, 0.1) is 4.90 Å². The molecule has 0 saturated carbocycles. The summed E-state index contributed by atoms with van der Waals surface area (Å²) >= 11 is 3.33. The van der Waals surface area contributed by atoms with Gasteiger partial charge in [-0.2, -0.15) is 4.31 Å². The van der Waals surface area contributed by atoms with Gasteiger partial charge >= 0.3 is 0 Å². The van der Waals surface area contributed by atoms with E-state index in [2.05, 4.69) is 27.8 Å². The third-order valence-corrected chi connectivity index (χ3v) is 5.98. The second-order valence-corrected chi connectivity index (χ2v) is 7.91. The minimum Gasteiger partial charge on any atom is -0.301 e. The monoisotopic (exact) mass is 360 g/mol. The average molecular weight is 361 g/mol. The number of sulfonamides is 1. The molecule has 1 aliphatic rings. The topological polar surface area (TPSA) is 40.6 Å². The molecule has 1 saturated heterocycles. The van der Waals surface area contributed by atoms with E-state index in [4.69, 9.17) is 0 Å². The molecule has 0 N–H and O–H groups in total. The molecule has 112 valence electrons. The molecule has 1 aromatic carbocycles. The summed E-state index contributed by atoms with van der Waals surface area (Å²) < 4.78 is 27.5. The van der Waals surface area contributed by atoms with Gasteiger partial charge in [-0.05, 0) is 31.2 Å². The smallest absolute Gasteiger partial charge is 0.243 e. The van der Waals surface area contributed by atoms with Crippen LogP contribution in [0.25, 0.3) is 0 Å². The van der Waals surface area contributed by atoms with E-state index in [1.807, 2.05) is 6.07 Å². The highest BCUT2D eigenvalue weighted by Crippen LogP contribution is 2.21. The summed E-state index contributed by atoms with van der Waals surface area (Å²) in [4.78, 5) is 2.71. The third-order valence-electron chi connectivity index (χ3n) is 3.59. The number of halogens is 1. The Balaban J connectivity index is 2.02. The number of rotatable bonds is 5. The Morgan fingerprint density at radius 2 is 1.90 bits per heavy atom. The number of piperazine rings is 1. The van der Waals surface area contributed by atoms with Crippen molar-refractivity contribution in [2.45, 2.75) is 24.7 Å². The van der Waals surface area contributed by atoms with Crippen molar-refractivity contribution in [1.29, 1.82) is 0 Å². The normalized spacial score (nSPS) is 18.3. The largest absolute Gasteiger partial charge is 0.301 e. The lowest BCUT2D eigenvalue weighted by molar-refractivity contribution is 0.186. The standard InChI is InChI=1S/C14H21BrN2O2S/c1-2-3-7-16-8-10-17(11-9-16)20(18,19)14-6-4-5-13(15)12-14/h4-6,12H,2-3,7-11H2,1H3. The minimum atomic E-state index is -3.35. The van der Waals surface area contributed by atoms with Crippen molar-refractivity contribution in [2.24, 2.45) is 0 Å². The number of nitrogens with zero attached hydrogens (tertiary/aromatic N) is 2. The first-order valence-electron chi connectivity index (χ1n) is 7.02. The zero-order chi connectivity index (χ0) is 14.6. The van der Waals surface area contributed by atoms with E-state index in [0.29, 0.717) is 18.0 Å². The summed E-state index contributed by atoms with van der Waals surface area (Å²) in [5.41, 5.74) is 0. The molecule has 1 fully saturated rings. The first-order valence-corrected chi connectivity index (χ1v) is 9.25. The van der Waals surface area contributed by atoms with Gasteiger partial charge in [0, 0.05) is 30.7 Å². The van der Waals surface area contributed by atoms with Gasteiger partial charge in [0.2, 0.25) is 10.0 Å². The van der Waals surface area contributed by atoms with Crippen molar-refractivity contribution in [2.75, 3.05) is 32.7 Å². The number of hydrogen-bond acceptors (Lipinski definition) is 3. The lowest BCUT2D eigenvalue weighted by Gasteiger charge is -2.33. The third kappa shape index (κ3) is 3.81. The zero-order valence-corrected chi connectivity index (χ0v) is 14.2. The van der Waals surface area contributed by atoms with Crippen LogP contribution in [0.2, 0.25) is 0 Å². The summed E-state index contributed by atoms with van der Waals surface area (Å²) in [5.74, 6) is 0. The van der Waals surface area contributed by atoms with Crippen molar-refractivity contribution < 1.29 is 8.42 Å². The predicted molar refractivity (Wildman–Crippen MR) is 84.2 cm³/mol. The van der Waals surface area contributed by atoms with Crippen LogP contribution in [0.4, 0.5) is 0 Å². The Bertz CT molecular complexity index is 540. The molecule has 6 heteroatoms. The Morgan fingerprint density at radius 3 is 2.50 bits per heavy atom. The van der Waals surface area contributed by atoms with Crippen LogP contribution in [0.1, 0.15) is 19.8 Å². The van der Waals surface area contributed by atoms with Crippen LogP contribution in [-0.2, 0) is 10.0 Å². The van der Waals surface area contributed by atoms with E-state index < -0.39 is 10.0 Å². The summed E-state index contributed by atoms with van der Waals surface area (Å²) in [6.45, 7) is 6.06. The zero-order valence-electron chi connectivity index (χ0n) is 11.8. The highest BCUT2D eigenvalue weighted by molar-refractivity contribution is 9.10. The molecule has 0 atom stereocenters. The SMILES string of the molecule is CCCCN1CCN(S(=O)(=O)c2cccc(Br)c2)CC1. The van der Waals surface area contributed by atoms with Crippen LogP contribution in [0.5, 0.6) is 0 Å². The molecule has 0 unspecified atom stereocenters. The maximum atomic E-state index is 12.5. The van der Waals surface area contributed by atoms with Gasteiger partial charge in [-0.15, -0.1) is 0 Å². The molecule has 0 aromatic heterocycles. The minimum absolute atomic E-state index is 0.369. The Labute approximate surface area is 129 Å². The predicted octanol–water partition coefficient (Wildman–Crippen LogP) is 2.56. The van der Waals surface area contributed by atoms with Crippen LogP contribution in [0.15, 0.2) is 33.6 Å². The van der Waals surface area contributed by atoms with E-state index in [-0.39, 0.29) is 0 Å². The highest BCUT2D eigenvalue weighted by atomic mass is 79.9. The lowest BCUT2D eigenvalue weighted by Crippen LogP contribution is -2.48. The van der Waals surface area contributed by atoms with Crippen LogP contribution < -0.4 is 0 Å². The van der Waals surface area contributed by atoms with Crippen LogP contribution in [-0.4, -0.2) is 50.3 Å². The Kier molecular flexibility index (Phi) is 5.60. The molecule has 1 aromatic rings. The van der Waals surface area contributed by atoms with Gasteiger partial charge < -0.3 is 4.90 Å². The first kappa shape index (κ1) is 15.9. The Hall–Kier alpha value is -0.430. The molecule has 0 bridgehead atoms. The maximum absolute atomic E-state index is 12.5.